The van der Waals surface area contributed by atoms with Crippen molar-refractivity contribution < 1.29 is 9.59 Å². The average molecular weight is 407 g/mol. The van der Waals surface area contributed by atoms with E-state index in [9.17, 15) is 9.59 Å². The van der Waals surface area contributed by atoms with E-state index in [-0.39, 0.29) is 35.7 Å². The lowest BCUT2D eigenvalue weighted by Crippen LogP contribution is -2.39. The van der Waals surface area contributed by atoms with Crippen LogP contribution in [0.4, 0.5) is 0 Å². The van der Waals surface area contributed by atoms with Crippen molar-refractivity contribution >= 4 is 11.8 Å². The molecule has 2 aromatic carbocycles. The number of aryl methyl sites for hydroxylation is 2. The van der Waals surface area contributed by atoms with Crippen molar-refractivity contribution in [2.24, 2.45) is 11.8 Å². The van der Waals surface area contributed by atoms with Crippen LogP contribution in [0.1, 0.15) is 73.9 Å². The lowest BCUT2D eigenvalue weighted by Gasteiger charge is -2.29. The molecule has 0 radical (unpaired) electrons. The van der Waals surface area contributed by atoms with Crippen LogP contribution in [0.15, 0.2) is 48.5 Å². The topological polar surface area (TPSA) is 58.2 Å². The van der Waals surface area contributed by atoms with Crippen molar-refractivity contribution in [3.8, 4) is 0 Å². The van der Waals surface area contributed by atoms with Gasteiger partial charge in [-0.15, -0.1) is 0 Å². The Bertz CT molecular complexity index is 811. The van der Waals surface area contributed by atoms with Gasteiger partial charge in [-0.2, -0.15) is 0 Å². The van der Waals surface area contributed by atoms with Crippen LogP contribution in [0.2, 0.25) is 0 Å². The summed E-state index contributed by atoms with van der Waals surface area (Å²) in [5, 5.41) is 6.34. The molecule has 2 N–H and O–H groups in total. The molecule has 4 nitrogen and oxygen atoms in total. The van der Waals surface area contributed by atoms with Crippen LogP contribution in [0.25, 0.3) is 0 Å². The van der Waals surface area contributed by atoms with Gasteiger partial charge in [-0.05, 0) is 75.6 Å². The average Bonchev–Trinajstić information content (AvgIpc) is 2.74. The Kier molecular flexibility index (Phi) is 7.30. The standard InChI is InChI=1S/C26H34N2O2/c1-17-9-5-7-11-23(17)19(3)27-25(29)21-13-15-22(16-14-21)26(30)28-20(4)24-12-8-6-10-18(24)2/h5-12,19-22H,13-16H2,1-4H3,(H,27,29)(H,28,30)/t19-,20-,21?,22?/m1/s1. The number of carbonyl (C=O) groups is 2. The zero-order chi connectivity index (χ0) is 21.7. The minimum Gasteiger partial charge on any atom is -0.349 e. The Balaban J connectivity index is 1.49. The largest absolute Gasteiger partial charge is 0.349 e. The third-order valence-electron chi connectivity index (χ3n) is 6.50. The fourth-order valence-electron chi connectivity index (χ4n) is 4.58. The van der Waals surface area contributed by atoms with Gasteiger partial charge in [0.25, 0.3) is 0 Å². The Morgan fingerprint density at radius 1 is 0.700 bits per heavy atom. The van der Waals surface area contributed by atoms with Gasteiger partial charge in [-0.1, -0.05) is 48.5 Å². The third-order valence-corrected chi connectivity index (χ3v) is 6.50. The molecule has 0 spiro atoms. The molecule has 1 aliphatic carbocycles. The van der Waals surface area contributed by atoms with E-state index in [2.05, 4.69) is 48.7 Å². The summed E-state index contributed by atoms with van der Waals surface area (Å²) in [4.78, 5) is 25.5. The first-order valence-electron chi connectivity index (χ1n) is 11.1. The second-order valence-electron chi connectivity index (χ2n) is 8.72. The first kappa shape index (κ1) is 22.1. The summed E-state index contributed by atoms with van der Waals surface area (Å²) in [6, 6.07) is 16.3. The van der Waals surface area contributed by atoms with E-state index >= 15 is 0 Å². The van der Waals surface area contributed by atoms with Crippen molar-refractivity contribution in [2.45, 2.75) is 65.5 Å². The van der Waals surface area contributed by atoms with Crippen LogP contribution in [-0.4, -0.2) is 11.8 Å². The van der Waals surface area contributed by atoms with Gasteiger partial charge in [-0.3, -0.25) is 9.59 Å². The molecule has 2 atom stereocenters. The van der Waals surface area contributed by atoms with Crippen LogP contribution in [0.3, 0.4) is 0 Å². The molecule has 1 aliphatic rings. The number of rotatable bonds is 6. The van der Waals surface area contributed by atoms with Gasteiger partial charge >= 0.3 is 0 Å². The molecular weight excluding hydrogens is 372 g/mol. The maximum Gasteiger partial charge on any atom is 0.223 e. The SMILES string of the molecule is Cc1ccccc1[C@@H](C)NC(=O)C1CCC(C(=O)N[C@H](C)c2ccccc2C)CC1. The smallest absolute Gasteiger partial charge is 0.223 e. The Morgan fingerprint density at radius 3 is 1.37 bits per heavy atom. The van der Waals surface area contributed by atoms with Crippen molar-refractivity contribution in [2.75, 3.05) is 0 Å². The van der Waals surface area contributed by atoms with Gasteiger partial charge in [0, 0.05) is 11.8 Å². The number of nitrogens with one attached hydrogen (secondary N) is 2. The molecule has 160 valence electrons. The highest BCUT2D eigenvalue weighted by atomic mass is 16.2. The number of carbonyl (C=O) groups excluding carboxylic acids is 2. The molecule has 3 rings (SSSR count). The van der Waals surface area contributed by atoms with Crippen molar-refractivity contribution in [1.82, 2.24) is 10.6 Å². The van der Waals surface area contributed by atoms with Crippen LogP contribution in [0.5, 0.6) is 0 Å². The summed E-state index contributed by atoms with van der Waals surface area (Å²) in [5.41, 5.74) is 4.69. The van der Waals surface area contributed by atoms with E-state index in [0.29, 0.717) is 0 Å². The predicted octanol–water partition coefficient (Wildman–Crippen LogP) is 5.16. The van der Waals surface area contributed by atoms with Crippen molar-refractivity contribution in [3.63, 3.8) is 0 Å². The van der Waals surface area contributed by atoms with E-state index in [4.69, 9.17) is 0 Å². The van der Waals surface area contributed by atoms with E-state index in [1.807, 2.05) is 38.1 Å². The summed E-state index contributed by atoms with van der Waals surface area (Å²) >= 11 is 0. The molecule has 0 heterocycles. The Hall–Kier alpha value is -2.62. The maximum absolute atomic E-state index is 12.8. The van der Waals surface area contributed by atoms with Crippen LogP contribution in [-0.2, 0) is 9.59 Å². The molecule has 0 aliphatic heterocycles. The van der Waals surface area contributed by atoms with Gasteiger partial charge in [-0.25, -0.2) is 0 Å². The monoisotopic (exact) mass is 406 g/mol. The molecule has 1 saturated carbocycles. The number of hydrogen-bond donors (Lipinski definition) is 2. The van der Waals surface area contributed by atoms with E-state index in [1.54, 1.807) is 0 Å². The maximum atomic E-state index is 12.8. The van der Waals surface area contributed by atoms with Gasteiger partial charge in [0.15, 0.2) is 0 Å². The number of amides is 2. The van der Waals surface area contributed by atoms with Gasteiger partial charge in [0.2, 0.25) is 11.8 Å². The minimum atomic E-state index is -0.00527. The van der Waals surface area contributed by atoms with E-state index in [0.717, 1.165) is 36.8 Å². The zero-order valence-corrected chi connectivity index (χ0v) is 18.6. The van der Waals surface area contributed by atoms with Gasteiger partial charge < -0.3 is 10.6 Å². The van der Waals surface area contributed by atoms with Crippen molar-refractivity contribution in [1.29, 1.82) is 0 Å². The highest BCUT2D eigenvalue weighted by Crippen LogP contribution is 2.30. The molecule has 0 unspecified atom stereocenters. The first-order valence-corrected chi connectivity index (χ1v) is 11.1. The fraction of sp³-hybridized carbons (Fsp3) is 0.462. The Morgan fingerprint density at radius 2 is 1.03 bits per heavy atom. The number of benzene rings is 2. The second-order valence-corrected chi connectivity index (χ2v) is 8.72. The van der Waals surface area contributed by atoms with Crippen LogP contribution in [0, 0.1) is 25.7 Å². The second kappa shape index (κ2) is 9.92. The molecule has 2 amide bonds. The lowest BCUT2D eigenvalue weighted by atomic mass is 9.80. The van der Waals surface area contributed by atoms with E-state index in [1.165, 1.54) is 11.1 Å². The summed E-state index contributed by atoms with van der Waals surface area (Å²) in [6.45, 7) is 8.21. The molecule has 30 heavy (non-hydrogen) atoms. The van der Waals surface area contributed by atoms with Gasteiger partial charge in [0.1, 0.15) is 0 Å². The highest BCUT2D eigenvalue weighted by Gasteiger charge is 2.31. The predicted molar refractivity (Wildman–Crippen MR) is 121 cm³/mol. The molecule has 4 heteroatoms. The normalized spacial score (nSPS) is 20.8. The summed E-state index contributed by atoms with van der Waals surface area (Å²) in [5.74, 6) is 0.208. The Labute approximate surface area is 180 Å². The van der Waals surface area contributed by atoms with Crippen LogP contribution >= 0.6 is 0 Å². The van der Waals surface area contributed by atoms with E-state index < -0.39 is 0 Å². The number of hydrogen-bond acceptors (Lipinski definition) is 2. The molecule has 0 aromatic heterocycles. The summed E-state index contributed by atoms with van der Waals surface area (Å²) in [7, 11) is 0. The quantitative estimate of drug-likeness (QED) is 0.696. The van der Waals surface area contributed by atoms with Gasteiger partial charge in [0.05, 0.1) is 12.1 Å². The molecule has 1 fully saturated rings. The highest BCUT2D eigenvalue weighted by molar-refractivity contribution is 5.81. The van der Waals surface area contributed by atoms with Crippen LogP contribution < -0.4 is 10.6 Å². The molecule has 0 saturated heterocycles. The first-order chi connectivity index (χ1) is 14.4. The van der Waals surface area contributed by atoms with Crippen molar-refractivity contribution in [3.05, 3.63) is 70.8 Å². The molecule has 0 bridgehead atoms. The zero-order valence-electron chi connectivity index (χ0n) is 18.6. The molecular formula is C26H34N2O2. The fourth-order valence-corrected chi connectivity index (χ4v) is 4.58. The lowest BCUT2D eigenvalue weighted by molar-refractivity contribution is -0.131. The summed E-state index contributed by atoms with van der Waals surface area (Å²) < 4.78 is 0. The molecule has 2 aromatic rings. The third kappa shape index (κ3) is 5.29. The minimum absolute atomic E-state index is 0.00492. The summed E-state index contributed by atoms with van der Waals surface area (Å²) in [6.07, 6.45) is 3.07.